The molecule has 1 heterocycles. The van der Waals surface area contributed by atoms with Crippen molar-refractivity contribution < 1.29 is 4.79 Å². The number of carbonyl (C=O) groups is 1. The van der Waals surface area contributed by atoms with E-state index in [2.05, 4.69) is 10.3 Å². The molecule has 0 unspecified atom stereocenters. The zero-order valence-corrected chi connectivity index (χ0v) is 12.1. The van der Waals surface area contributed by atoms with Gasteiger partial charge in [0.15, 0.2) is 0 Å². The summed E-state index contributed by atoms with van der Waals surface area (Å²) in [6.45, 7) is 0. The molecular weight excluding hydrogens is 321 g/mol. The molecule has 2 aromatic rings. The van der Waals surface area contributed by atoms with Gasteiger partial charge in [0.2, 0.25) is 0 Å². The molecule has 0 aliphatic rings. The average Bonchev–Trinajstić information content (AvgIpc) is 2.43. The third-order valence-electron chi connectivity index (χ3n) is 2.40. The SMILES string of the molecule is N#Cc1ccc(NC(=O)c2cnc(Cl)c(Cl)c2)c(Cl)c1. The molecule has 100 valence electrons. The molecule has 0 fully saturated rings. The van der Waals surface area contributed by atoms with E-state index in [1.165, 1.54) is 18.3 Å². The van der Waals surface area contributed by atoms with Crippen LogP contribution in [-0.2, 0) is 0 Å². The summed E-state index contributed by atoms with van der Waals surface area (Å²) in [7, 11) is 0. The van der Waals surface area contributed by atoms with Crippen LogP contribution < -0.4 is 5.32 Å². The number of halogens is 3. The summed E-state index contributed by atoms with van der Waals surface area (Å²) < 4.78 is 0. The van der Waals surface area contributed by atoms with Crippen LogP contribution >= 0.6 is 34.8 Å². The lowest BCUT2D eigenvalue weighted by Crippen LogP contribution is -2.12. The number of amides is 1. The second-order valence-electron chi connectivity index (χ2n) is 3.76. The summed E-state index contributed by atoms with van der Waals surface area (Å²) >= 11 is 17.4. The molecule has 1 N–H and O–H groups in total. The van der Waals surface area contributed by atoms with Gasteiger partial charge in [-0.05, 0) is 24.3 Å². The first-order valence-corrected chi connectivity index (χ1v) is 6.46. The van der Waals surface area contributed by atoms with Crippen LogP contribution in [-0.4, -0.2) is 10.9 Å². The van der Waals surface area contributed by atoms with Crippen LogP contribution in [0.1, 0.15) is 15.9 Å². The van der Waals surface area contributed by atoms with Gasteiger partial charge in [-0.25, -0.2) is 4.98 Å². The van der Waals surface area contributed by atoms with E-state index in [4.69, 9.17) is 40.1 Å². The number of hydrogen-bond acceptors (Lipinski definition) is 3. The first-order chi connectivity index (χ1) is 9.51. The summed E-state index contributed by atoms with van der Waals surface area (Å²) in [6, 6.07) is 7.92. The minimum atomic E-state index is -0.428. The third kappa shape index (κ3) is 3.20. The Balaban J connectivity index is 2.23. The maximum atomic E-state index is 12.0. The monoisotopic (exact) mass is 325 g/mol. The molecular formula is C13H6Cl3N3O. The van der Waals surface area contributed by atoms with Crippen molar-refractivity contribution in [2.24, 2.45) is 0 Å². The predicted molar refractivity (Wildman–Crippen MR) is 78.4 cm³/mol. The van der Waals surface area contributed by atoms with E-state index >= 15 is 0 Å². The van der Waals surface area contributed by atoms with Crippen LogP contribution in [0.5, 0.6) is 0 Å². The van der Waals surface area contributed by atoms with E-state index in [1.807, 2.05) is 6.07 Å². The van der Waals surface area contributed by atoms with Gasteiger partial charge in [0, 0.05) is 6.20 Å². The van der Waals surface area contributed by atoms with Crippen LogP contribution in [0, 0.1) is 11.3 Å². The van der Waals surface area contributed by atoms with Crippen molar-refractivity contribution in [2.45, 2.75) is 0 Å². The van der Waals surface area contributed by atoms with Crippen LogP contribution in [0.15, 0.2) is 30.5 Å². The molecule has 0 spiro atoms. The Morgan fingerprint density at radius 1 is 1.20 bits per heavy atom. The number of pyridine rings is 1. The fourth-order valence-electron chi connectivity index (χ4n) is 1.43. The highest BCUT2D eigenvalue weighted by Gasteiger charge is 2.11. The van der Waals surface area contributed by atoms with Crippen molar-refractivity contribution >= 4 is 46.4 Å². The predicted octanol–water partition coefficient (Wildman–Crippen LogP) is 4.17. The first-order valence-electron chi connectivity index (χ1n) is 5.33. The highest BCUT2D eigenvalue weighted by atomic mass is 35.5. The van der Waals surface area contributed by atoms with Gasteiger partial charge in [-0.1, -0.05) is 34.8 Å². The third-order valence-corrected chi connectivity index (χ3v) is 3.40. The number of benzene rings is 1. The maximum absolute atomic E-state index is 12.0. The molecule has 0 saturated heterocycles. The fourth-order valence-corrected chi connectivity index (χ4v) is 1.92. The zero-order chi connectivity index (χ0) is 14.7. The highest BCUT2D eigenvalue weighted by molar-refractivity contribution is 6.41. The standard InChI is InChI=1S/C13H6Cl3N3O/c14-9-3-7(5-17)1-2-11(9)19-13(20)8-4-10(15)12(16)18-6-8/h1-4,6H,(H,19,20). The van der Waals surface area contributed by atoms with Gasteiger partial charge >= 0.3 is 0 Å². The molecule has 0 aliphatic heterocycles. The second kappa shape index (κ2) is 6.10. The molecule has 0 aliphatic carbocycles. The van der Waals surface area contributed by atoms with Crippen LogP contribution in [0.25, 0.3) is 0 Å². The fraction of sp³-hybridized carbons (Fsp3) is 0. The van der Waals surface area contributed by atoms with Crippen LogP contribution in [0.3, 0.4) is 0 Å². The molecule has 7 heteroatoms. The minimum Gasteiger partial charge on any atom is -0.321 e. The molecule has 2 rings (SSSR count). The lowest BCUT2D eigenvalue weighted by Gasteiger charge is -2.07. The Morgan fingerprint density at radius 2 is 1.95 bits per heavy atom. The molecule has 0 saturated carbocycles. The summed E-state index contributed by atoms with van der Waals surface area (Å²) in [5, 5.41) is 11.9. The molecule has 1 amide bonds. The minimum absolute atomic E-state index is 0.125. The lowest BCUT2D eigenvalue weighted by atomic mass is 10.2. The number of hydrogen-bond donors (Lipinski definition) is 1. The number of nitrogens with one attached hydrogen (secondary N) is 1. The summed E-state index contributed by atoms with van der Waals surface area (Å²) in [6.07, 6.45) is 1.31. The van der Waals surface area contributed by atoms with Gasteiger partial charge in [0.05, 0.1) is 32.9 Å². The van der Waals surface area contributed by atoms with Crippen LogP contribution in [0.4, 0.5) is 5.69 Å². The highest BCUT2D eigenvalue weighted by Crippen LogP contribution is 2.24. The van der Waals surface area contributed by atoms with Crippen molar-refractivity contribution in [1.82, 2.24) is 4.98 Å². The summed E-state index contributed by atoms with van der Waals surface area (Å²) in [5.41, 5.74) is 1.05. The number of nitrogens with zero attached hydrogens (tertiary/aromatic N) is 2. The normalized spacial score (nSPS) is 9.90. The van der Waals surface area contributed by atoms with Crippen LogP contribution in [0.2, 0.25) is 15.2 Å². The Morgan fingerprint density at radius 3 is 2.55 bits per heavy atom. The van der Waals surface area contributed by atoms with Gasteiger partial charge in [-0.3, -0.25) is 4.79 Å². The number of rotatable bonds is 2. The molecule has 0 radical (unpaired) electrons. The van der Waals surface area contributed by atoms with E-state index in [1.54, 1.807) is 12.1 Å². The zero-order valence-electron chi connectivity index (χ0n) is 9.82. The van der Waals surface area contributed by atoms with Gasteiger partial charge in [0.25, 0.3) is 5.91 Å². The van der Waals surface area contributed by atoms with Crippen molar-refractivity contribution in [3.8, 4) is 6.07 Å². The Labute approximate surface area is 129 Å². The first kappa shape index (κ1) is 14.6. The number of aromatic nitrogens is 1. The topological polar surface area (TPSA) is 65.8 Å². The number of anilines is 1. The van der Waals surface area contributed by atoms with Crippen molar-refractivity contribution in [3.63, 3.8) is 0 Å². The van der Waals surface area contributed by atoms with Crippen molar-refractivity contribution in [2.75, 3.05) is 5.32 Å². The molecule has 20 heavy (non-hydrogen) atoms. The second-order valence-corrected chi connectivity index (χ2v) is 4.93. The van der Waals surface area contributed by atoms with Crippen molar-refractivity contribution in [1.29, 1.82) is 5.26 Å². The van der Waals surface area contributed by atoms with Gasteiger partial charge < -0.3 is 5.32 Å². The molecule has 0 bridgehead atoms. The van der Waals surface area contributed by atoms with E-state index in [0.29, 0.717) is 11.3 Å². The Bertz CT molecular complexity index is 725. The molecule has 4 nitrogen and oxygen atoms in total. The van der Waals surface area contributed by atoms with E-state index < -0.39 is 5.91 Å². The molecule has 0 atom stereocenters. The Hall–Kier alpha value is -1.80. The molecule has 1 aromatic carbocycles. The smallest absolute Gasteiger partial charge is 0.257 e. The van der Waals surface area contributed by atoms with E-state index in [-0.39, 0.29) is 20.8 Å². The Kier molecular flexibility index (Phi) is 4.46. The quantitative estimate of drug-likeness (QED) is 0.842. The number of nitriles is 1. The van der Waals surface area contributed by atoms with Gasteiger partial charge in [0.1, 0.15) is 5.15 Å². The maximum Gasteiger partial charge on any atom is 0.257 e. The summed E-state index contributed by atoms with van der Waals surface area (Å²) in [5.74, 6) is -0.428. The van der Waals surface area contributed by atoms with Crippen molar-refractivity contribution in [3.05, 3.63) is 56.8 Å². The van der Waals surface area contributed by atoms with Gasteiger partial charge in [-0.2, -0.15) is 5.26 Å². The van der Waals surface area contributed by atoms with E-state index in [9.17, 15) is 4.79 Å². The molecule has 1 aromatic heterocycles. The van der Waals surface area contributed by atoms with E-state index in [0.717, 1.165) is 0 Å². The lowest BCUT2D eigenvalue weighted by molar-refractivity contribution is 0.102. The largest absolute Gasteiger partial charge is 0.321 e. The average molecular weight is 327 g/mol. The summed E-state index contributed by atoms with van der Waals surface area (Å²) in [4.78, 5) is 15.8. The van der Waals surface area contributed by atoms with Gasteiger partial charge in [-0.15, -0.1) is 0 Å². The number of carbonyl (C=O) groups excluding carboxylic acids is 1.